The smallest absolute Gasteiger partial charge is 0.274 e. The van der Waals surface area contributed by atoms with Gasteiger partial charge in [-0.2, -0.15) is 5.10 Å². The Kier molecular flexibility index (Phi) is 5.29. The van der Waals surface area contributed by atoms with Crippen molar-refractivity contribution in [2.75, 3.05) is 0 Å². The van der Waals surface area contributed by atoms with Crippen LogP contribution < -0.4 is 10.6 Å². The van der Waals surface area contributed by atoms with E-state index in [9.17, 15) is 9.59 Å². The van der Waals surface area contributed by atoms with Crippen molar-refractivity contribution in [2.24, 2.45) is 5.92 Å². The fourth-order valence-electron chi connectivity index (χ4n) is 3.58. The molecule has 0 saturated carbocycles. The second-order valence-corrected chi connectivity index (χ2v) is 7.42. The van der Waals surface area contributed by atoms with Gasteiger partial charge in [0.05, 0.1) is 12.2 Å². The van der Waals surface area contributed by atoms with Crippen molar-refractivity contribution >= 4 is 11.8 Å². The van der Waals surface area contributed by atoms with E-state index >= 15 is 0 Å². The molecule has 27 heavy (non-hydrogen) atoms. The van der Waals surface area contributed by atoms with E-state index in [2.05, 4.69) is 39.9 Å². The van der Waals surface area contributed by atoms with Gasteiger partial charge >= 0.3 is 0 Å². The van der Waals surface area contributed by atoms with Crippen LogP contribution in [0, 0.1) is 19.8 Å². The molecule has 0 radical (unpaired) electrons. The highest BCUT2D eigenvalue weighted by molar-refractivity contribution is 6.05. The molecule has 2 N–H and O–H groups in total. The van der Waals surface area contributed by atoms with Gasteiger partial charge in [-0.25, -0.2) is 4.68 Å². The summed E-state index contributed by atoms with van der Waals surface area (Å²) in [4.78, 5) is 25.1. The van der Waals surface area contributed by atoms with E-state index < -0.39 is 5.91 Å². The first-order valence-electron chi connectivity index (χ1n) is 9.37. The molecule has 146 valence electrons. The Labute approximate surface area is 158 Å². The Balaban J connectivity index is 1.73. The molecule has 9 heteroatoms. The van der Waals surface area contributed by atoms with Crippen molar-refractivity contribution in [3.8, 4) is 0 Å². The van der Waals surface area contributed by atoms with Crippen LogP contribution >= 0.6 is 0 Å². The molecule has 0 spiro atoms. The maximum absolute atomic E-state index is 12.6. The van der Waals surface area contributed by atoms with Gasteiger partial charge in [0.25, 0.3) is 11.8 Å². The minimum atomic E-state index is -0.406. The zero-order chi connectivity index (χ0) is 19.7. The Morgan fingerprint density at radius 2 is 2.11 bits per heavy atom. The van der Waals surface area contributed by atoms with Gasteiger partial charge in [0.15, 0.2) is 11.4 Å². The lowest BCUT2D eigenvalue weighted by molar-refractivity contribution is 0.0870. The van der Waals surface area contributed by atoms with E-state index in [1.165, 1.54) is 4.68 Å². The monoisotopic (exact) mass is 373 g/mol. The number of fused-ring (bicyclic) bond motifs is 1. The molecule has 0 bridgehead atoms. The lowest BCUT2D eigenvalue weighted by atomic mass is 10.0. The second kappa shape index (κ2) is 7.50. The number of hydrogen-bond donors (Lipinski definition) is 2. The zero-order valence-electron chi connectivity index (χ0n) is 16.5. The quantitative estimate of drug-likeness (QED) is 0.791. The number of carbonyl (C=O) groups is 2. The second-order valence-electron chi connectivity index (χ2n) is 7.42. The summed E-state index contributed by atoms with van der Waals surface area (Å²) in [5.74, 6) is -0.247. The Bertz CT molecular complexity index is 865. The summed E-state index contributed by atoms with van der Waals surface area (Å²) in [5.41, 5.74) is 3.18. The number of hydrogen-bond acceptors (Lipinski definition) is 5. The maximum atomic E-state index is 12.6. The van der Waals surface area contributed by atoms with Crippen molar-refractivity contribution < 1.29 is 9.59 Å². The summed E-state index contributed by atoms with van der Waals surface area (Å²) >= 11 is 0. The number of carbonyl (C=O) groups excluding carboxylic acids is 2. The number of aryl methyl sites for hydroxylation is 2. The standard InChI is InChI=1S/C18H27N7O2/c1-6-24-12(5)14(11(4)22-24)8-19-17(26)15-16-18(27)20-13(7-10(2)3)9-25(16)23-21-15/h10,13H,6-9H2,1-5H3,(H,19,26)(H,20,27)/t13-/m0/s1. The van der Waals surface area contributed by atoms with Gasteiger partial charge in [-0.05, 0) is 33.1 Å². The van der Waals surface area contributed by atoms with Crippen molar-refractivity contribution in [1.82, 2.24) is 35.4 Å². The van der Waals surface area contributed by atoms with E-state index in [0.29, 0.717) is 19.0 Å². The van der Waals surface area contributed by atoms with Crippen LogP contribution in [-0.2, 0) is 19.6 Å². The molecule has 0 saturated heterocycles. The molecule has 2 aromatic rings. The van der Waals surface area contributed by atoms with Crippen molar-refractivity contribution in [3.63, 3.8) is 0 Å². The van der Waals surface area contributed by atoms with Crippen LogP contribution in [0.5, 0.6) is 0 Å². The van der Waals surface area contributed by atoms with Gasteiger partial charge in [-0.15, -0.1) is 5.10 Å². The van der Waals surface area contributed by atoms with Crippen LogP contribution in [-0.4, -0.2) is 42.6 Å². The predicted octanol–water partition coefficient (Wildman–Crippen LogP) is 1.20. The fraction of sp³-hybridized carbons (Fsp3) is 0.611. The van der Waals surface area contributed by atoms with Crippen molar-refractivity contribution in [1.29, 1.82) is 0 Å². The van der Waals surface area contributed by atoms with Gasteiger partial charge in [0.1, 0.15) is 0 Å². The van der Waals surface area contributed by atoms with E-state index in [1.807, 2.05) is 25.5 Å². The number of nitrogens with one attached hydrogen (secondary N) is 2. The summed E-state index contributed by atoms with van der Waals surface area (Å²) in [6.45, 7) is 11.8. The highest BCUT2D eigenvalue weighted by Gasteiger charge is 2.32. The van der Waals surface area contributed by atoms with Crippen LogP contribution in [0.3, 0.4) is 0 Å². The molecule has 1 atom stereocenters. The van der Waals surface area contributed by atoms with Gasteiger partial charge in [0, 0.05) is 30.4 Å². The SMILES string of the molecule is CCn1nc(C)c(CNC(=O)c2nnn3c2C(=O)N[C@@H](CC(C)C)C3)c1C. The van der Waals surface area contributed by atoms with Crippen LogP contribution in [0.1, 0.15) is 65.1 Å². The van der Waals surface area contributed by atoms with Gasteiger partial charge in [0.2, 0.25) is 0 Å². The third-order valence-corrected chi connectivity index (χ3v) is 4.91. The molecule has 0 unspecified atom stereocenters. The molecule has 2 aromatic heterocycles. The highest BCUT2D eigenvalue weighted by Crippen LogP contribution is 2.17. The Hall–Kier alpha value is -2.71. The molecule has 0 fully saturated rings. The third kappa shape index (κ3) is 3.72. The molecule has 1 aliphatic rings. The summed E-state index contributed by atoms with van der Waals surface area (Å²) in [6.07, 6.45) is 0.854. The number of nitrogens with zero attached hydrogens (tertiary/aromatic N) is 5. The van der Waals surface area contributed by atoms with Crippen molar-refractivity contribution in [3.05, 3.63) is 28.3 Å². The minimum absolute atomic E-state index is 0.00722. The van der Waals surface area contributed by atoms with E-state index in [0.717, 1.165) is 29.9 Å². The molecule has 9 nitrogen and oxygen atoms in total. The zero-order valence-corrected chi connectivity index (χ0v) is 16.5. The van der Waals surface area contributed by atoms with Crippen LogP contribution in [0.15, 0.2) is 0 Å². The lowest BCUT2D eigenvalue weighted by Crippen LogP contribution is -2.46. The average molecular weight is 373 g/mol. The summed E-state index contributed by atoms with van der Waals surface area (Å²) in [6, 6.07) is 0.00722. The Morgan fingerprint density at radius 3 is 2.74 bits per heavy atom. The molecule has 2 amide bonds. The first-order chi connectivity index (χ1) is 12.8. The predicted molar refractivity (Wildman–Crippen MR) is 99.3 cm³/mol. The largest absolute Gasteiger partial charge is 0.346 e. The van der Waals surface area contributed by atoms with Crippen LogP contribution in [0.4, 0.5) is 0 Å². The molecule has 3 rings (SSSR count). The van der Waals surface area contributed by atoms with Gasteiger partial charge in [-0.1, -0.05) is 19.1 Å². The topological polar surface area (TPSA) is 107 Å². The summed E-state index contributed by atoms with van der Waals surface area (Å²) < 4.78 is 3.44. The highest BCUT2D eigenvalue weighted by atomic mass is 16.2. The molecule has 0 aliphatic carbocycles. The molecule has 3 heterocycles. The van der Waals surface area contributed by atoms with E-state index in [-0.39, 0.29) is 23.3 Å². The average Bonchev–Trinajstić information content (AvgIpc) is 3.14. The number of aromatic nitrogens is 5. The lowest BCUT2D eigenvalue weighted by Gasteiger charge is -2.25. The summed E-state index contributed by atoms with van der Waals surface area (Å²) in [7, 11) is 0. The van der Waals surface area contributed by atoms with E-state index in [4.69, 9.17) is 0 Å². The van der Waals surface area contributed by atoms with E-state index in [1.54, 1.807) is 0 Å². The fourth-order valence-corrected chi connectivity index (χ4v) is 3.58. The van der Waals surface area contributed by atoms with Crippen molar-refractivity contribution in [2.45, 2.75) is 66.7 Å². The third-order valence-electron chi connectivity index (χ3n) is 4.91. The first kappa shape index (κ1) is 19.1. The molecule has 1 aliphatic heterocycles. The first-order valence-corrected chi connectivity index (χ1v) is 9.37. The van der Waals surface area contributed by atoms with Gasteiger partial charge < -0.3 is 10.6 Å². The van der Waals surface area contributed by atoms with Crippen LogP contribution in [0.2, 0.25) is 0 Å². The molecular formula is C18H27N7O2. The normalized spacial score (nSPS) is 16.4. The summed E-state index contributed by atoms with van der Waals surface area (Å²) in [5, 5.41) is 18.2. The molecule has 0 aromatic carbocycles. The molecular weight excluding hydrogens is 346 g/mol. The van der Waals surface area contributed by atoms with Crippen LogP contribution in [0.25, 0.3) is 0 Å². The number of amides is 2. The van der Waals surface area contributed by atoms with Gasteiger partial charge in [-0.3, -0.25) is 14.3 Å². The number of rotatable bonds is 6. The maximum Gasteiger partial charge on any atom is 0.274 e. The Morgan fingerprint density at radius 1 is 1.37 bits per heavy atom. The minimum Gasteiger partial charge on any atom is -0.346 e.